The molecule has 0 saturated heterocycles. The molecule has 128 valence electrons. The number of rotatable bonds is 9. The first-order chi connectivity index (χ1) is 11.6. The van der Waals surface area contributed by atoms with Crippen LogP contribution in [0.15, 0.2) is 41.0 Å². The molecule has 1 aromatic carbocycles. The van der Waals surface area contributed by atoms with Crippen molar-refractivity contribution >= 4 is 11.9 Å². The normalized spacial score (nSPS) is 10.2. The predicted octanol–water partition coefficient (Wildman–Crippen LogP) is 2.11. The zero-order valence-electron chi connectivity index (χ0n) is 13.3. The van der Waals surface area contributed by atoms with Crippen molar-refractivity contribution in [1.82, 2.24) is 5.32 Å². The molecule has 1 aromatic heterocycles. The smallest absolute Gasteiger partial charge is 0.341 e. The van der Waals surface area contributed by atoms with Crippen LogP contribution in [-0.4, -0.2) is 36.7 Å². The number of furan rings is 1. The fourth-order valence-corrected chi connectivity index (χ4v) is 2.03. The number of benzene rings is 1. The van der Waals surface area contributed by atoms with E-state index in [1.165, 1.54) is 12.1 Å². The molecule has 0 atom stereocenters. The van der Waals surface area contributed by atoms with Gasteiger partial charge in [0.25, 0.3) is 5.91 Å². The maximum Gasteiger partial charge on any atom is 0.341 e. The fourth-order valence-electron chi connectivity index (χ4n) is 2.03. The molecule has 0 bridgehead atoms. The molecule has 2 rings (SSSR count). The molecule has 0 unspecified atom stereocenters. The van der Waals surface area contributed by atoms with E-state index in [0.29, 0.717) is 30.9 Å². The summed E-state index contributed by atoms with van der Waals surface area (Å²) in [6.45, 7) is 2.12. The standard InChI is InChI=1S/C17H19NO6/c1-2-22-15-10-12(5-6-14(15)24-11-16(19)20)17(21)18-8-7-13-4-3-9-23-13/h3-6,9-10H,2,7-8,11H2,1H3,(H,18,21)(H,19,20). The number of carboxylic acids is 1. The van der Waals surface area contributed by atoms with Gasteiger partial charge in [0.1, 0.15) is 5.76 Å². The van der Waals surface area contributed by atoms with Gasteiger partial charge in [-0.25, -0.2) is 4.79 Å². The van der Waals surface area contributed by atoms with E-state index in [0.717, 1.165) is 5.76 Å². The molecule has 2 N–H and O–H groups in total. The molecular formula is C17H19NO6. The van der Waals surface area contributed by atoms with Crippen LogP contribution in [0.3, 0.4) is 0 Å². The van der Waals surface area contributed by atoms with Gasteiger partial charge < -0.3 is 24.3 Å². The largest absolute Gasteiger partial charge is 0.490 e. The van der Waals surface area contributed by atoms with Crippen LogP contribution < -0.4 is 14.8 Å². The molecule has 0 radical (unpaired) electrons. The van der Waals surface area contributed by atoms with Gasteiger partial charge >= 0.3 is 5.97 Å². The van der Waals surface area contributed by atoms with Crippen LogP contribution in [0.2, 0.25) is 0 Å². The molecule has 0 aliphatic heterocycles. The number of hydrogen-bond acceptors (Lipinski definition) is 5. The first kappa shape index (κ1) is 17.4. The number of aliphatic carboxylic acids is 1. The minimum atomic E-state index is -1.09. The Bertz CT molecular complexity index is 680. The third kappa shape index (κ3) is 5.05. The van der Waals surface area contributed by atoms with E-state index >= 15 is 0 Å². The Morgan fingerprint density at radius 2 is 2.04 bits per heavy atom. The van der Waals surface area contributed by atoms with Crippen LogP contribution >= 0.6 is 0 Å². The lowest BCUT2D eigenvalue weighted by Crippen LogP contribution is -2.25. The summed E-state index contributed by atoms with van der Waals surface area (Å²) >= 11 is 0. The second-order valence-electron chi connectivity index (χ2n) is 4.86. The Balaban J connectivity index is 1.99. The topological polar surface area (TPSA) is 98.0 Å². The minimum Gasteiger partial charge on any atom is -0.490 e. The van der Waals surface area contributed by atoms with Crippen molar-refractivity contribution < 1.29 is 28.6 Å². The lowest BCUT2D eigenvalue weighted by molar-refractivity contribution is -0.139. The Kier molecular flexibility index (Phi) is 6.24. The maximum atomic E-state index is 12.2. The molecule has 1 amide bonds. The van der Waals surface area contributed by atoms with Gasteiger partial charge in [0.05, 0.1) is 12.9 Å². The van der Waals surface area contributed by atoms with Crippen molar-refractivity contribution in [3.05, 3.63) is 47.9 Å². The third-order valence-corrected chi connectivity index (χ3v) is 3.09. The summed E-state index contributed by atoms with van der Waals surface area (Å²) in [5, 5.41) is 11.5. The number of carboxylic acid groups (broad SMARTS) is 1. The van der Waals surface area contributed by atoms with Crippen molar-refractivity contribution in [2.45, 2.75) is 13.3 Å². The molecule has 7 nitrogen and oxygen atoms in total. The van der Waals surface area contributed by atoms with E-state index in [9.17, 15) is 9.59 Å². The van der Waals surface area contributed by atoms with Gasteiger partial charge in [0, 0.05) is 18.5 Å². The van der Waals surface area contributed by atoms with Gasteiger partial charge in [0.15, 0.2) is 18.1 Å². The van der Waals surface area contributed by atoms with E-state index in [1.807, 2.05) is 6.07 Å². The monoisotopic (exact) mass is 333 g/mol. The second kappa shape index (κ2) is 8.61. The van der Waals surface area contributed by atoms with Crippen LogP contribution in [-0.2, 0) is 11.2 Å². The lowest BCUT2D eigenvalue weighted by atomic mass is 10.2. The maximum absolute atomic E-state index is 12.2. The molecule has 7 heteroatoms. The number of carbonyl (C=O) groups is 2. The highest BCUT2D eigenvalue weighted by Gasteiger charge is 2.12. The average molecular weight is 333 g/mol. The highest BCUT2D eigenvalue weighted by atomic mass is 16.5. The molecule has 1 heterocycles. The van der Waals surface area contributed by atoms with Gasteiger partial charge in [-0.3, -0.25) is 4.79 Å². The molecule has 24 heavy (non-hydrogen) atoms. The van der Waals surface area contributed by atoms with Crippen LogP contribution in [0.4, 0.5) is 0 Å². The Labute approximate surface area is 139 Å². The number of ether oxygens (including phenoxy) is 2. The number of nitrogens with one attached hydrogen (secondary N) is 1. The first-order valence-electron chi connectivity index (χ1n) is 7.52. The minimum absolute atomic E-state index is 0.257. The molecule has 0 saturated carbocycles. The van der Waals surface area contributed by atoms with Crippen LogP contribution in [0.25, 0.3) is 0 Å². The fraction of sp³-hybridized carbons (Fsp3) is 0.294. The van der Waals surface area contributed by atoms with Crippen LogP contribution in [0.5, 0.6) is 11.5 Å². The number of carbonyl (C=O) groups excluding carboxylic acids is 1. The lowest BCUT2D eigenvalue weighted by Gasteiger charge is -2.12. The Hall–Kier alpha value is -2.96. The number of hydrogen-bond donors (Lipinski definition) is 2. The predicted molar refractivity (Wildman–Crippen MR) is 85.5 cm³/mol. The van der Waals surface area contributed by atoms with E-state index in [4.69, 9.17) is 19.0 Å². The summed E-state index contributed by atoms with van der Waals surface area (Å²) in [5.41, 5.74) is 0.403. The van der Waals surface area contributed by atoms with Gasteiger partial charge in [0.2, 0.25) is 0 Å². The second-order valence-corrected chi connectivity index (χ2v) is 4.86. The van der Waals surface area contributed by atoms with Gasteiger partial charge in [-0.05, 0) is 37.3 Å². The quantitative estimate of drug-likeness (QED) is 0.729. The van der Waals surface area contributed by atoms with E-state index in [1.54, 1.807) is 25.3 Å². The molecular weight excluding hydrogens is 314 g/mol. The SMILES string of the molecule is CCOc1cc(C(=O)NCCc2ccco2)ccc1OCC(=O)O. The van der Waals surface area contributed by atoms with E-state index < -0.39 is 12.6 Å². The summed E-state index contributed by atoms with van der Waals surface area (Å²) in [6.07, 6.45) is 2.18. The van der Waals surface area contributed by atoms with Crippen molar-refractivity contribution in [3.63, 3.8) is 0 Å². The van der Waals surface area contributed by atoms with E-state index in [2.05, 4.69) is 5.32 Å². The van der Waals surface area contributed by atoms with Gasteiger partial charge in [-0.2, -0.15) is 0 Å². The van der Waals surface area contributed by atoms with Crippen molar-refractivity contribution in [1.29, 1.82) is 0 Å². The molecule has 0 spiro atoms. The third-order valence-electron chi connectivity index (χ3n) is 3.09. The summed E-state index contributed by atoms with van der Waals surface area (Å²) in [5.74, 6) is 0.0658. The van der Waals surface area contributed by atoms with Crippen molar-refractivity contribution in [3.8, 4) is 11.5 Å². The number of amides is 1. The molecule has 0 aliphatic rings. The van der Waals surface area contributed by atoms with Crippen LogP contribution in [0.1, 0.15) is 23.0 Å². The highest BCUT2D eigenvalue weighted by molar-refractivity contribution is 5.94. The summed E-state index contributed by atoms with van der Waals surface area (Å²) in [7, 11) is 0. The zero-order valence-corrected chi connectivity index (χ0v) is 13.3. The summed E-state index contributed by atoms with van der Waals surface area (Å²) in [4.78, 5) is 22.8. The molecule has 0 aliphatic carbocycles. The highest BCUT2D eigenvalue weighted by Crippen LogP contribution is 2.28. The van der Waals surface area contributed by atoms with Crippen LogP contribution in [0, 0.1) is 0 Å². The summed E-state index contributed by atoms with van der Waals surface area (Å²) in [6, 6.07) is 8.25. The zero-order chi connectivity index (χ0) is 17.4. The molecule has 0 fully saturated rings. The van der Waals surface area contributed by atoms with E-state index in [-0.39, 0.29) is 11.7 Å². The van der Waals surface area contributed by atoms with Gasteiger partial charge in [-0.1, -0.05) is 0 Å². The van der Waals surface area contributed by atoms with Crippen molar-refractivity contribution in [2.75, 3.05) is 19.8 Å². The Morgan fingerprint density at radius 1 is 1.21 bits per heavy atom. The summed E-state index contributed by atoms with van der Waals surface area (Å²) < 4.78 is 15.8. The Morgan fingerprint density at radius 3 is 2.71 bits per heavy atom. The van der Waals surface area contributed by atoms with Crippen molar-refractivity contribution in [2.24, 2.45) is 0 Å². The molecule has 2 aromatic rings. The average Bonchev–Trinajstić information content (AvgIpc) is 3.07. The van der Waals surface area contributed by atoms with Gasteiger partial charge in [-0.15, -0.1) is 0 Å². The first-order valence-corrected chi connectivity index (χ1v) is 7.52.